The molecular formula is C39H68N4O8P2. The number of aromatic nitrogens is 2. The fourth-order valence-corrected chi connectivity index (χ4v) is 8.76. The SMILES string of the molecule is [C-]#[N+]CCOP(O[C@H]1[C@@H](OCCC(=O)CCCCCCCCCCCCCCC)[C@H](n2ccc(=O)[nH]c2=O)O[C@@H]1/C=C/P(C)(C)=O)N(C(C)C)C(C)C. The highest BCUT2D eigenvalue weighted by Gasteiger charge is 2.49. The molecule has 0 bridgehead atoms. The van der Waals surface area contributed by atoms with Gasteiger partial charge in [0.25, 0.3) is 14.1 Å². The molecule has 5 atom stereocenters. The van der Waals surface area contributed by atoms with Crippen LogP contribution in [0.4, 0.5) is 0 Å². The lowest BCUT2D eigenvalue weighted by Crippen LogP contribution is -2.41. The van der Waals surface area contributed by atoms with Gasteiger partial charge in [-0.1, -0.05) is 84.0 Å². The van der Waals surface area contributed by atoms with Gasteiger partial charge in [-0.3, -0.25) is 19.1 Å². The minimum atomic E-state index is -2.63. The van der Waals surface area contributed by atoms with Crippen LogP contribution in [0.15, 0.2) is 33.7 Å². The summed E-state index contributed by atoms with van der Waals surface area (Å²) >= 11 is 0. The molecule has 2 heterocycles. The molecule has 1 N–H and O–H groups in total. The van der Waals surface area contributed by atoms with Crippen LogP contribution in [-0.4, -0.2) is 83.5 Å². The lowest BCUT2D eigenvalue weighted by atomic mass is 10.0. The topological polar surface area (TPSA) is 134 Å². The van der Waals surface area contributed by atoms with Crippen LogP contribution in [-0.2, 0) is 27.9 Å². The van der Waals surface area contributed by atoms with E-state index in [2.05, 4.69) is 21.4 Å². The van der Waals surface area contributed by atoms with Gasteiger partial charge in [0.05, 0.1) is 6.61 Å². The van der Waals surface area contributed by atoms with Crippen LogP contribution < -0.4 is 11.2 Å². The van der Waals surface area contributed by atoms with Crippen LogP contribution in [0.5, 0.6) is 0 Å². The number of rotatable bonds is 29. The number of unbranched alkanes of at least 4 members (excludes halogenated alkanes) is 12. The molecule has 1 aliphatic heterocycles. The molecule has 0 spiro atoms. The van der Waals surface area contributed by atoms with Crippen LogP contribution in [0, 0.1) is 6.57 Å². The molecule has 1 unspecified atom stereocenters. The van der Waals surface area contributed by atoms with Crippen molar-refractivity contribution in [3.8, 4) is 0 Å². The highest BCUT2D eigenvalue weighted by Crippen LogP contribution is 2.51. The Labute approximate surface area is 319 Å². The predicted molar refractivity (Wildman–Crippen MR) is 215 cm³/mol. The number of ketones is 1. The standard InChI is InChI=1S/C39H68N4O8P2/c1-9-10-11-12-13-14-15-16-17-18-19-20-21-22-33(44)24-28-48-37-36(51-52(49-29-26-40-6)43(31(2)3)32(4)5)34(25-30-53(7,8)47)50-38(37)42-27-23-35(45)41-39(42)46/h23,25,27,30-32,34,36-38H,9-22,24,26,28-29H2,1-5,7-8H3,(H,41,45,46)/b30-25+/t34-,36-,37-,38-,52?/m1/s1. The summed E-state index contributed by atoms with van der Waals surface area (Å²) in [6.45, 7) is 21.3. The van der Waals surface area contributed by atoms with Crippen molar-refractivity contribution in [2.24, 2.45) is 0 Å². The Bertz CT molecular complexity index is 1410. The smallest absolute Gasteiger partial charge is 0.330 e. The van der Waals surface area contributed by atoms with E-state index in [1.807, 2.05) is 27.7 Å². The first-order valence-corrected chi connectivity index (χ1v) is 23.6. The summed E-state index contributed by atoms with van der Waals surface area (Å²) in [6, 6.07) is 1.28. The van der Waals surface area contributed by atoms with Gasteiger partial charge < -0.3 is 27.9 Å². The van der Waals surface area contributed by atoms with Gasteiger partial charge in [-0.2, -0.15) is 0 Å². The minimum absolute atomic E-state index is 0.0246. The number of H-pyrrole nitrogens is 1. The highest BCUT2D eigenvalue weighted by atomic mass is 31.2. The van der Waals surface area contributed by atoms with Gasteiger partial charge in [0.1, 0.15) is 37.8 Å². The maximum absolute atomic E-state index is 13.0. The Hall–Kier alpha value is -1.96. The zero-order valence-electron chi connectivity index (χ0n) is 33.5. The van der Waals surface area contributed by atoms with Gasteiger partial charge in [0.15, 0.2) is 6.23 Å². The van der Waals surface area contributed by atoms with Crippen LogP contribution >= 0.6 is 15.7 Å². The quantitative estimate of drug-likeness (QED) is 0.0480. The number of ether oxygens (including phenoxy) is 2. The number of nitrogens with one attached hydrogen (secondary N) is 1. The van der Waals surface area contributed by atoms with Gasteiger partial charge in [-0.25, -0.2) is 16.0 Å². The molecule has 0 amide bonds. The van der Waals surface area contributed by atoms with Crippen LogP contribution in [0.25, 0.3) is 4.85 Å². The van der Waals surface area contributed by atoms with E-state index in [1.165, 1.54) is 81.0 Å². The lowest BCUT2D eigenvalue weighted by Gasteiger charge is -2.38. The molecule has 14 heteroatoms. The number of carbonyl (C=O) groups is 1. The molecule has 0 aliphatic carbocycles. The van der Waals surface area contributed by atoms with Gasteiger partial charge in [0.2, 0.25) is 6.54 Å². The molecule has 53 heavy (non-hydrogen) atoms. The largest absolute Gasteiger partial charge is 0.370 e. The first kappa shape index (κ1) is 47.2. The molecule has 1 aromatic heterocycles. The van der Waals surface area contributed by atoms with Crippen molar-refractivity contribution in [2.75, 3.05) is 33.1 Å². The summed E-state index contributed by atoms with van der Waals surface area (Å²) in [7, 11) is -4.38. The maximum Gasteiger partial charge on any atom is 0.330 e. The summed E-state index contributed by atoms with van der Waals surface area (Å²) in [5, 5.41) is 0. The molecule has 1 aliphatic rings. The number of hydrogen-bond donors (Lipinski definition) is 1. The van der Waals surface area contributed by atoms with Crippen LogP contribution in [0.3, 0.4) is 0 Å². The fourth-order valence-electron chi connectivity index (χ4n) is 6.43. The first-order valence-electron chi connectivity index (χ1n) is 19.8. The zero-order chi connectivity index (χ0) is 39.2. The molecule has 1 fully saturated rings. The third kappa shape index (κ3) is 18.5. The van der Waals surface area contributed by atoms with E-state index in [4.69, 9.17) is 25.1 Å². The summed E-state index contributed by atoms with van der Waals surface area (Å²) in [6.07, 6.45) is 16.2. The molecule has 1 saturated heterocycles. The van der Waals surface area contributed by atoms with E-state index < -0.39 is 51.5 Å². The Morgan fingerprint density at radius 3 is 2.08 bits per heavy atom. The highest BCUT2D eigenvalue weighted by molar-refractivity contribution is 7.65. The summed E-state index contributed by atoms with van der Waals surface area (Å²) in [4.78, 5) is 43.6. The molecular weight excluding hydrogens is 714 g/mol. The van der Waals surface area contributed by atoms with Crippen molar-refractivity contribution in [2.45, 2.75) is 168 Å². The van der Waals surface area contributed by atoms with Gasteiger partial charge in [0, 0.05) is 37.2 Å². The molecule has 1 aromatic rings. The van der Waals surface area contributed by atoms with E-state index in [9.17, 15) is 18.9 Å². The average Bonchev–Trinajstić information content (AvgIpc) is 3.41. The molecule has 0 radical (unpaired) electrons. The summed E-state index contributed by atoms with van der Waals surface area (Å²) in [5.74, 6) is 1.69. The van der Waals surface area contributed by atoms with E-state index >= 15 is 0 Å². The third-order valence-electron chi connectivity index (χ3n) is 9.10. The van der Waals surface area contributed by atoms with Crippen molar-refractivity contribution in [1.29, 1.82) is 0 Å². The number of Topliss-reactive ketones (excluding diaryl/α,β-unsaturated/α-hetero) is 1. The monoisotopic (exact) mass is 782 g/mol. The van der Waals surface area contributed by atoms with Crippen LogP contribution in [0.1, 0.15) is 137 Å². The second-order valence-electron chi connectivity index (χ2n) is 15.0. The van der Waals surface area contributed by atoms with Crippen molar-refractivity contribution in [1.82, 2.24) is 14.2 Å². The summed E-state index contributed by atoms with van der Waals surface area (Å²) < 4.78 is 41.9. The van der Waals surface area contributed by atoms with Crippen molar-refractivity contribution in [3.05, 3.63) is 56.4 Å². The van der Waals surface area contributed by atoms with Crippen LogP contribution in [0.2, 0.25) is 0 Å². The number of nitrogens with zero attached hydrogens (tertiary/aromatic N) is 3. The van der Waals surface area contributed by atoms with Gasteiger partial charge >= 0.3 is 5.69 Å². The second-order valence-corrected chi connectivity index (χ2v) is 19.6. The van der Waals surface area contributed by atoms with E-state index in [1.54, 1.807) is 25.2 Å². The van der Waals surface area contributed by atoms with E-state index in [0.717, 1.165) is 19.3 Å². The lowest BCUT2D eigenvalue weighted by molar-refractivity contribution is -0.122. The Kier molecular flexibility index (Phi) is 23.1. The zero-order valence-corrected chi connectivity index (χ0v) is 35.3. The number of hydrogen-bond acceptors (Lipinski definition) is 9. The normalized spacial score (nSPS) is 19.9. The molecule has 302 valence electrons. The Morgan fingerprint density at radius 1 is 0.962 bits per heavy atom. The minimum Gasteiger partial charge on any atom is -0.370 e. The molecule has 2 rings (SSSR count). The van der Waals surface area contributed by atoms with E-state index in [-0.39, 0.29) is 44.0 Å². The summed E-state index contributed by atoms with van der Waals surface area (Å²) in [5.41, 5.74) is -1.24. The van der Waals surface area contributed by atoms with Crippen molar-refractivity contribution in [3.63, 3.8) is 0 Å². The van der Waals surface area contributed by atoms with Crippen molar-refractivity contribution < 1.29 is 27.9 Å². The van der Waals surface area contributed by atoms with Gasteiger partial charge in [-0.15, -0.1) is 0 Å². The fraction of sp³-hybridized carbons (Fsp3) is 0.795. The van der Waals surface area contributed by atoms with Crippen molar-refractivity contribution >= 4 is 21.5 Å². The third-order valence-corrected chi connectivity index (χ3v) is 12.1. The maximum atomic E-state index is 13.0. The molecule has 0 saturated carbocycles. The Balaban J connectivity index is 2.14. The first-order chi connectivity index (χ1) is 25.3. The Morgan fingerprint density at radius 2 is 1.55 bits per heavy atom. The number of carbonyl (C=O) groups excluding carboxylic acids is 1. The predicted octanol–water partition coefficient (Wildman–Crippen LogP) is 9.06. The second kappa shape index (κ2) is 26.0. The number of aromatic amines is 1. The molecule has 0 aromatic carbocycles. The molecule has 12 nitrogen and oxygen atoms in total. The van der Waals surface area contributed by atoms with Gasteiger partial charge in [-0.05, 0) is 59.3 Å². The average molecular weight is 783 g/mol. The van der Waals surface area contributed by atoms with E-state index in [0.29, 0.717) is 6.42 Å².